The van der Waals surface area contributed by atoms with E-state index < -0.39 is 18.0 Å². The third-order valence-electron chi connectivity index (χ3n) is 3.13. The van der Waals surface area contributed by atoms with Crippen molar-refractivity contribution in [3.63, 3.8) is 0 Å². The van der Waals surface area contributed by atoms with Crippen LogP contribution in [0.4, 0.5) is 10.5 Å². The number of ether oxygens (including phenoxy) is 1. The summed E-state index contributed by atoms with van der Waals surface area (Å²) in [6.45, 7) is 3.65. The molecular formula is C14H19BrN2O4. The number of carbonyl (C=O) groups excluding carboxylic acids is 1. The fourth-order valence-corrected chi connectivity index (χ4v) is 2.22. The van der Waals surface area contributed by atoms with Gasteiger partial charge in [0.15, 0.2) is 0 Å². The number of rotatable bonds is 6. The van der Waals surface area contributed by atoms with E-state index in [4.69, 9.17) is 9.84 Å². The molecule has 1 unspecified atom stereocenters. The third kappa shape index (κ3) is 5.26. The SMILES string of the molecule is CCC(C)[C@H](NC(=O)Nc1cc(Br)cc(OC)c1)C(=O)O. The average molecular weight is 359 g/mol. The molecule has 0 bridgehead atoms. The highest BCUT2D eigenvalue weighted by atomic mass is 79.9. The second-order valence-corrected chi connectivity index (χ2v) is 5.60. The molecule has 1 aromatic carbocycles. The monoisotopic (exact) mass is 358 g/mol. The van der Waals surface area contributed by atoms with Gasteiger partial charge in [-0.25, -0.2) is 9.59 Å². The summed E-state index contributed by atoms with van der Waals surface area (Å²) in [7, 11) is 1.52. The van der Waals surface area contributed by atoms with Crippen LogP contribution in [0.5, 0.6) is 5.75 Å². The summed E-state index contributed by atoms with van der Waals surface area (Å²) < 4.78 is 5.84. The smallest absolute Gasteiger partial charge is 0.326 e. The van der Waals surface area contributed by atoms with Crippen molar-refractivity contribution >= 4 is 33.6 Å². The first-order valence-corrected chi connectivity index (χ1v) is 7.31. The molecule has 0 spiro atoms. The van der Waals surface area contributed by atoms with Gasteiger partial charge in [-0.05, 0) is 18.1 Å². The van der Waals surface area contributed by atoms with Crippen LogP contribution in [-0.2, 0) is 4.79 Å². The highest BCUT2D eigenvalue weighted by molar-refractivity contribution is 9.10. The number of halogens is 1. The molecule has 6 nitrogen and oxygen atoms in total. The van der Waals surface area contributed by atoms with Gasteiger partial charge in [0.25, 0.3) is 0 Å². The van der Waals surface area contributed by atoms with E-state index in [-0.39, 0.29) is 5.92 Å². The maximum absolute atomic E-state index is 11.9. The zero-order valence-electron chi connectivity index (χ0n) is 12.1. The molecule has 2 amide bonds. The lowest BCUT2D eigenvalue weighted by atomic mass is 9.99. The standard InChI is InChI=1S/C14H19BrN2O4/c1-4-8(2)12(13(18)19)17-14(20)16-10-5-9(15)6-11(7-10)21-3/h5-8,12H,4H2,1-3H3,(H,18,19)(H2,16,17,20)/t8?,12-/m0/s1. The number of anilines is 1. The molecule has 0 aliphatic rings. The number of methoxy groups -OCH3 is 1. The van der Waals surface area contributed by atoms with E-state index in [1.54, 1.807) is 25.1 Å². The predicted octanol–water partition coefficient (Wildman–Crippen LogP) is 3.08. The van der Waals surface area contributed by atoms with Crippen LogP contribution in [-0.4, -0.2) is 30.3 Å². The minimum absolute atomic E-state index is 0.162. The van der Waals surface area contributed by atoms with Gasteiger partial charge in [0.05, 0.1) is 7.11 Å². The van der Waals surface area contributed by atoms with Crippen LogP contribution < -0.4 is 15.4 Å². The maximum Gasteiger partial charge on any atom is 0.326 e. The maximum atomic E-state index is 11.9. The molecule has 0 fully saturated rings. The van der Waals surface area contributed by atoms with Gasteiger partial charge >= 0.3 is 12.0 Å². The molecule has 0 radical (unpaired) electrons. The second kappa shape index (κ2) is 7.87. The summed E-state index contributed by atoms with van der Waals surface area (Å²) in [4.78, 5) is 23.1. The van der Waals surface area contributed by atoms with E-state index in [1.165, 1.54) is 7.11 Å². The third-order valence-corrected chi connectivity index (χ3v) is 3.59. The largest absolute Gasteiger partial charge is 0.497 e. The van der Waals surface area contributed by atoms with Gasteiger partial charge in [0.1, 0.15) is 11.8 Å². The molecular weight excluding hydrogens is 340 g/mol. The summed E-state index contributed by atoms with van der Waals surface area (Å²) >= 11 is 3.31. The lowest BCUT2D eigenvalue weighted by Crippen LogP contribution is -2.46. The lowest BCUT2D eigenvalue weighted by molar-refractivity contribution is -0.140. The fourth-order valence-electron chi connectivity index (χ4n) is 1.74. The Kier molecular flexibility index (Phi) is 6.48. The molecule has 0 aliphatic heterocycles. The first-order valence-electron chi connectivity index (χ1n) is 6.52. The summed E-state index contributed by atoms with van der Waals surface area (Å²) in [5.74, 6) is -0.631. The molecule has 7 heteroatoms. The van der Waals surface area contributed by atoms with Crippen molar-refractivity contribution < 1.29 is 19.4 Å². The van der Waals surface area contributed by atoms with Crippen molar-refractivity contribution in [2.75, 3.05) is 12.4 Å². The van der Waals surface area contributed by atoms with E-state index in [2.05, 4.69) is 26.6 Å². The van der Waals surface area contributed by atoms with Crippen molar-refractivity contribution in [2.45, 2.75) is 26.3 Å². The topological polar surface area (TPSA) is 87.7 Å². The predicted molar refractivity (Wildman–Crippen MR) is 83.7 cm³/mol. The fraction of sp³-hybridized carbons (Fsp3) is 0.429. The molecule has 0 heterocycles. The number of aliphatic carboxylic acids is 1. The van der Waals surface area contributed by atoms with E-state index in [0.717, 1.165) is 4.47 Å². The van der Waals surface area contributed by atoms with E-state index in [0.29, 0.717) is 17.9 Å². The summed E-state index contributed by atoms with van der Waals surface area (Å²) in [5, 5.41) is 14.2. The van der Waals surface area contributed by atoms with Crippen molar-refractivity contribution in [3.05, 3.63) is 22.7 Å². The van der Waals surface area contributed by atoms with Crippen molar-refractivity contribution in [3.8, 4) is 5.75 Å². The Morgan fingerprint density at radius 3 is 2.57 bits per heavy atom. The minimum atomic E-state index is -1.05. The lowest BCUT2D eigenvalue weighted by Gasteiger charge is -2.20. The van der Waals surface area contributed by atoms with Crippen molar-refractivity contribution in [2.24, 2.45) is 5.92 Å². The molecule has 2 atom stereocenters. The molecule has 0 aliphatic carbocycles. The number of carboxylic acid groups (broad SMARTS) is 1. The van der Waals surface area contributed by atoms with Gasteiger partial charge in [-0.2, -0.15) is 0 Å². The van der Waals surface area contributed by atoms with Crippen LogP contribution in [0.15, 0.2) is 22.7 Å². The van der Waals surface area contributed by atoms with Gasteiger partial charge in [0.2, 0.25) is 0 Å². The quantitative estimate of drug-likeness (QED) is 0.728. The first-order chi connectivity index (χ1) is 9.87. The van der Waals surface area contributed by atoms with Gasteiger partial charge in [0, 0.05) is 16.2 Å². The Labute approximate surface area is 132 Å². The molecule has 0 saturated heterocycles. The molecule has 1 aromatic rings. The molecule has 0 aromatic heterocycles. The van der Waals surface area contributed by atoms with Gasteiger partial charge in [-0.3, -0.25) is 0 Å². The Morgan fingerprint density at radius 2 is 2.05 bits per heavy atom. The highest BCUT2D eigenvalue weighted by Crippen LogP contribution is 2.24. The molecule has 3 N–H and O–H groups in total. The van der Waals surface area contributed by atoms with Crippen molar-refractivity contribution in [1.29, 1.82) is 0 Å². The second-order valence-electron chi connectivity index (χ2n) is 4.68. The van der Waals surface area contributed by atoms with Crippen LogP contribution in [0.2, 0.25) is 0 Å². The van der Waals surface area contributed by atoms with E-state index in [9.17, 15) is 9.59 Å². The van der Waals surface area contributed by atoms with Gasteiger partial charge in [-0.1, -0.05) is 36.2 Å². The Bertz CT molecular complexity index is 522. The Morgan fingerprint density at radius 1 is 1.38 bits per heavy atom. The average Bonchev–Trinajstić information content (AvgIpc) is 2.42. The van der Waals surface area contributed by atoms with E-state index >= 15 is 0 Å². The highest BCUT2D eigenvalue weighted by Gasteiger charge is 2.25. The minimum Gasteiger partial charge on any atom is -0.497 e. The normalized spacial score (nSPS) is 13.1. The zero-order valence-corrected chi connectivity index (χ0v) is 13.7. The van der Waals surface area contributed by atoms with Gasteiger partial charge in [-0.15, -0.1) is 0 Å². The molecule has 116 valence electrons. The Balaban J connectivity index is 2.76. The zero-order chi connectivity index (χ0) is 16.0. The number of urea groups is 1. The summed E-state index contributed by atoms with van der Waals surface area (Å²) in [5.41, 5.74) is 0.506. The van der Waals surface area contributed by atoms with Crippen molar-refractivity contribution in [1.82, 2.24) is 5.32 Å². The first kappa shape index (κ1) is 17.3. The molecule has 1 rings (SSSR count). The number of nitrogens with one attached hydrogen (secondary N) is 2. The van der Waals surface area contributed by atoms with Crippen LogP contribution in [0.25, 0.3) is 0 Å². The summed E-state index contributed by atoms with van der Waals surface area (Å²) in [6, 6.07) is 3.60. The van der Waals surface area contributed by atoms with Crippen LogP contribution in [0.3, 0.4) is 0 Å². The summed E-state index contributed by atoms with van der Waals surface area (Å²) in [6.07, 6.45) is 0.655. The van der Waals surface area contributed by atoms with Crippen LogP contribution >= 0.6 is 15.9 Å². The van der Waals surface area contributed by atoms with Gasteiger partial charge < -0.3 is 20.5 Å². The number of benzene rings is 1. The number of carbonyl (C=O) groups is 2. The number of amides is 2. The van der Waals surface area contributed by atoms with Crippen LogP contribution in [0, 0.1) is 5.92 Å². The molecule has 21 heavy (non-hydrogen) atoms. The Hall–Kier alpha value is -1.76. The number of carboxylic acids is 1. The van der Waals surface area contributed by atoms with E-state index in [1.807, 2.05) is 6.92 Å². The number of hydrogen-bond acceptors (Lipinski definition) is 3. The number of hydrogen-bond donors (Lipinski definition) is 3. The molecule has 0 saturated carbocycles. The van der Waals surface area contributed by atoms with Crippen LogP contribution in [0.1, 0.15) is 20.3 Å².